The van der Waals surface area contributed by atoms with E-state index in [1.165, 1.54) is 38.5 Å². The van der Waals surface area contributed by atoms with Crippen LogP contribution in [0, 0.1) is 18.7 Å². The van der Waals surface area contributed by atoms with Gasteiger partial charge in [0.05, 0.1) is 0 Å². The molecular weight excluding hydrogens is 225 g/mol. The summed E-state index contributed by atoms with van der Waals surface area (Å²) < 4.78 is 13.2. The lowest BCUT2D eigenvalue weighted by molar-refractivity contribution is 0.319. The Bertz CT molecular complexity index is 381. The van der Waals surface area contributed by atoms with Crippen LogP contribution >= 0.6 is 0 Å². The van der Waals surface area contributed by atoms with Crippen molar-refractivity contribution in [2.45, 2.75) is 58.4 Å². The molecular formula is C16H24FN. The minimum atomic E-state index is -0.118. The molecule has 0 bridgehead atoms. The molecule has 0 heterocycles. The Hall–Kier alpha value is -1.05. The lowest BCUT2D eigenvalue weighted by Gasteiger charge is -2.29. The zero-order chi connectivity index (χ0) is 13.0. The topological polar surface area (TPSA) is 12.0 Å². The first-order valence-electron chi connectivity index (χ1n) is 7.21. The average molecular weight is 249 g/mol. The van der Waals surface area contributed by atoms with Crippen LogP contribution in [0.15, 0.2) is 18.2 Å². The summed E-state index contributed by atoms with van der Waals surface area (Å²) in [5, 5.41) is 3.54. The molecule has 100 valence electrons. The molecule has 1 aromatic carbocycles. The number of aryl methyl sites for hydroxylation is 1. The summed E-state index contributed by atoms with van der Waals surface area (Å²) in [5.41, 5.74) is 1.78. The van der Waals surface area contributed by atoms with Crippen molar-refractivity contribution in [2.75, 3.05) is 5.32 Å². The summed E-state index contributed by atoms with van der Waals surface area (Å²) in [6.45, 7) is 4.09. The molecule has 0 saturated heterocycles. The Morgan fingerprint density at radius 2 is 1.94 bits per heavy atom. The summed E-state index contributed by atoms with van der Waals surface area (Å²) >= 11 is 0. The van der Waals surface area contributed by atoms with Crippen molar-refractivity contribution in [2.24, 2.45) is 5.92 Å². The third kappa shape index (κ3) is 3.47. The monoisotopic (exact) mass is 249 g/mol. The largest absolute Gasteiger partial charge is 0.382 e. The minimum absolute atomic E-state index is 0.118. The van der Waals surface area contributed by atoms with Crippen molar-refractivity contribution in [3.63, 3.8) is 0 Å². The van der Waals surface area contributed by atoms with Crippen molar-refractivity contribution >= 4 is 5.69 Å². The second kappa shape index (κ2) is 6.21. The fourth-order valence-corrected chi connectivity index (χ4v) is 2.97. The van der Waals surface area contributed by atoms with Gasteiger partial charge in [-0.05, 0) is 62.3 Å². The first-order valence-corrected chi connectivity index (χ1v) is 7.21. The Morgan fingerprint density at radius 3 is 2.56 bits per heavy atom. The van der Waals surface area contributed by atoms with Gasteiger partial charge in [-0.1, -0.05) is 19.8 Å². The Morgan fingerprint density at radius 1 is 1.22 bits per heavy atom. The number of hydrogen-bond donors (Lipinski definition) is 1. The fourth-order valence-electron chi connectivity index (χ4n) is 2.97. The molecule has 0 aliphatic heterocycles. The summed E-state index contributed by atoms with van der Waals surface area (Å²) in [4.78, 5) is 0. The molecule has 1 aromatic rings. The van der Waals surface area contributed by atoms with E-state index in [1.807, 2.05) is 19.1 Å². The average Bonchev–Trinajstić information content (AvgIpc) is 2.37. The van der Waals surface area contributed by atoms with Crippen LogP contribution in [0.5, 0.6) is 0 Å². The quantitative estimate of drug-likeness (QED) is 0.800. The van der Waals surface area contributed by atoms with Gasteiger partial charge in [-0.2, -0.15) is 0 Å². The van der Waals surface area contributed by atoms with Crippen LogP contribution in [-0.2, 0) is 0 Å². The van der Waals surface area contributed by atoms with Crippen LogP contribution in [-0.4, -0.2) is 6.04 Å². The van der Waals surface area contributed by atoms with Crippen LogP contribution < -0.4 is 5.32 Å². The predicted molar refractivity (Wildman–Crippen MR) is 75.4 cm³/mol. The zero-order valence-corrected chi connectivity index (χ0v) is 11.5. The van der Waals surface area contributed by atoms with Crippen molar-refractivity contribution in [3.8, 4) is 0 Å². The summed E-state index contributed by atoms with van der Waals surface area (Å²) in [7, 11) is 0. The predicted octanol–water partition coefficient (Wildman–Crippen LogP) is 4.90. The highest BCUT2D eigenvalue weighted by Gasteiger charge is 2.20. The van der Waals surface area contributed by atoms with Crippen molar-refractivity contribution < 1.29 is 4.39 Å². The number of anilines is 1. The molecule has 18 heavy (non-hydrogen) atoms. The lowest BCUT2D eigenvalue weighted by atomic mass is 9.83. The fraction of sp³-hybridized carbons (Fsp3) is 0.625. The Kier molecular flexibility index (Phi) is 4.62. The van der Waals surface area contributed by atoms with E-state index in [2.05, 4.69) is 12.2 Å². The van der Waals surface area contributed by atoms with E-state index in [-0.39, 0.29) is 5.82 Å². The molecule has 0 amide bonds. The van der Waals surface area contributed by atoms with Gasteiger partial charge in [0.1, 0.15) is 5.82 Å². The summed E-state index contributed by atoms with van der Waals surface area (Å²) in [6, 6.07) is 5.89. The number of nitrogens with one attached hydrogen (secondary N) is 1. The third-order valence-electron chi connectivity index (χ3n) is 4.07. The molecule has 1 N–H and O–H groups in total. The smallest absolute Gasteiger partial charge is 0.126 e. The summed E-state index contributed by atoms with van der Waals surface area (Å²) in [6.07, 6.45) is 7.86. The highest BCUT2D eigenvalue weighted by molar-refractivity contribution is 5.46. The van der Waals surface area contributed by atoms with Gasteiger partial charge < -0.3 is 5.32 Å². The Labute approximate surface area is 110 Å². The first kappa shape index (κ1) is 13.4. The standard InChI is InChI=1S/C16H24FN/c1-3-4-13-5-7-14(8-6-13)18-15-9-10-16(17)12(2)11-15/h9-11,13-14,18H,3-8H2,1-2H3. The van der Waals surface area contributed by atoms with Gasteiger partial charge in [-0.15, -0.1) is 0 Å². The number of benzene rings is 1. The molecule has 2 rings (SSSR count). The highest BCUT2D eigenvalue weighted by atomic mass is 19.1. The van der Waals surface area contributed by atoms with E-state index in [0.717, 1.165) is 17.2 Å². The second-order valence-corrected chi connectivity index (χ2v) is 5.61. The van der Waals surface area contributed by atoms with E-state index < -0.39 is 0 Å². The van der Waals surface area contributed by atoms with Gasteiger partial charge in [0.15, 0.2) is 0 Å². The van der Waals surface area contributed by atoms with Gasteiger partial charge >= 0.3 is 0 Å². The molecule has 1 nitrogen and oxygen atoms in total. The lowest BCUT2D eigenvalue weighted by Crippen LogP contribution is -2.26. The van der Waals surface area contributed by atoms with Crippen LogP contribution in [0.4, 0.5) is 10.1 Å². The van der Waals surface area contributed by atoms with Gasteiger partial charge in [-0.25, -0.2) is 4.39 Å². The van der Waals surface area contributed by atoms with Gasteiger partial charge in [0.25, 0.3) is 0 Å². The van der Waals surface area contributed by atoms with Crippen LogP contribution in [0.25, 0.3) is 0 Å². The zero-order valence-electron chi connectivity index (χ0n) is 11.5. The molecule has 1 saturated carbocycles. The molecule has 1 aliphatic rings. The maximum atomic E-state index is 13.2. The van der Waals surface area contributed by atoms with E-state index in [0.29, 0.717) is 6.04 Å². The summed E-state index contributed by atoms with van der Waals surface area (Å²) in [5.74, 6) is 0.815. The van der Waals surface area contributed by atoms with Crippen molar-refractivity contribution in [1.82, 2.24) is 0 Å². The Balaban J connectivity index is 1.85. The van der Waals surface area contributed by atoms with Crippen LogP contribution in [0.1, 0.15) is 51.0 Å². The van der Waals surface area contributed by atoms with Crippen molar-refractivity contribution in [3.05, 3.63) is 29.6 Å². The number of rotatable bonds is 4. The normalized spacial score (nSPS) is 23.9. The molecule has 2 heteroatoms. The maximum Gasteiger partial charge on any atom is 0.126 e. The number of halogens is 1. The molecule has 1 fully saturated rings. The van der Waals surface area contributed by atoms with E-state index in [9.17, 15) is 4.39 Å². The van der Waals surface area contributed by atoms with E-state index in [1.54, 1.807) is 6.07 Å². The molecule has 0 spiro atoms. The van der Waals surface area contributed by atoms with E-state index >= 15 is 0 Å². The minimum Gasteiger partial charge on any atom is -0.382 e. The second-order valence-electron chi connectivity index (χ2n) is 5.61. The highest BCUT2D eigenvalue weighted by Crippen LogP contribution is 2.29. The van der Waals surface area contributed by atoms with Gasteiger partial charge in [-0.3, -0.25) is 0 Å². The molecule has 0 unspecified atom stereocenters. The van der Waals surface area contributed by atoms with Crippen LogP contribution in [0.3, 0.4) is 0 Å². The molecule has 1 aliphatic carbocycles. The van der Waals surface area contributed by atoms with Crippen LogP contribution in [0.2, 0.25) is 0 Å². The molecule has 0 atom stereocenters. The maximum absolute atomic E-state index is 13.2. The number of hydrogen-bond acceptors (Lipinski definition) is 1. The molecule has 0 aromatic heterocycles. The first-order chi connectivity index (χ1) is 8.69. The van der Waals surface area contributed by atoms with Gasteiger partial charge in [0, 0.05) is 11.7 Å². The molecule has 0 radical (unpaired) electrons. The third-order valence-corrected chi connectivity index (χ3v) is 4.07. The SMILES string of the molecule is CCCC1CCC(Nc2ccc(F)c(C)c2)CC1. The van der Waals surface area contributed by atoms with Gasteiger partial charge in [0.2, 0.25) is 0 Å². The van der Waals surface area contributed by atoms with Crippen molar-refractivity contribution in [1.29, 1.82) is 0 Å². The van der Waals surface area contributed by atoms with E-state index in [4.69, 9.17) is 0 Å².